The Balaban J connectivity index is 2.89. The van der Waals surface area contributed by atoms with Gasteiger partial charge in [-0.3, -0.25) is 4.79 Å². The average molecular weight is 360 g/mol. The molecule has 25 heavy (non-hydrogen) atoms. The van der Waals surface area contributed by atoms with Gasteiger partial charge < -0.3 is 41.9 Å². The third-order valence-electron chi connectivity index (χ3n) is 3.03. The van der Waals surface area contributed by atoms with E-state index in [9.17, 15) is 19.5 Å². The fourth-order valence-electron chi connectivity index (χ4n) is 1.75. The number of rotatable bonds is 9. The lowest BCUT2D eigenvalue weighted by Crippen LogP contribution is -2.52. The molecule has 0 radical (unpaired) electrons. The van der Waals surface area contributed by atoms with Gasteiger partial charge in [0.05, 0.1) is 25.2 Å². The van der Waals surface area contributed by atoms with Crippen LogP contribution in [0.4, 0.5) is 4.79 Å². The average Bonchev–Trinajstić information content (AvgIpc) is 3.00. The lowest BCUT2D eigenvalue weighted by molar-refractivity contribution is -0.141. The van der Waals surface area contributed by atoms with Crippen molar-refractivity contribution in [1.29, 1.82) is 0 Å². The van der Waals surface area contributed by atoms with E-state index in [2.05, 4.69) is 15.5 Å². The number of urea groups is 1. The molecule has 0 aliphatic carbocycles. The second-order valence-corrected chi connectivity index (χ2v) is 5.18. The highest BCUT2D eigenvalue weighted by Gasteiger charge is 2.29. The van der Waals surface area contributed by atoms with Crippen molar-refractivity contribution in [3.63, 3.8) is 0 Å². The third-order valence-corrected chi connectivity index (χ3v) is 3.03. The van der Waals surface area contributed by atoms with Gasteiger partial charge in [0.1, 0.15) is 6.04 Å². The van der Waals surface area contributed by atoms with E-state index in [1.807, 2.05) is 5.32 Å². The first-order valence-corrected chi connectivity index (χ1v) is 7.11. The number of aromatic nitrogens is 2. The number of hydrogen-bond donors (Lipinski definition) is 7. The Labute approximate surface area is 141 Å². The van der Waals surface area contributed by atoms with Gasteiger partial charge in [0, 0.05) is 0 Å². The molecule has 0 saturated carbocycles. The number of primary amides is 1. The molecule has 0 aliphatic rings. The van der Waals surface area contributed by atoms with Crippen molar-refractivity contribution in [2.24, 2.45) is 11.5 Å². The van der Waals surface area contributed by atoms with Crippen LogP contribution < -0.4 is 22.1 Å². The maximum absolute atomic E-state index is 11.9. The van der Waals surface area contributed by atoms with Gasteiger partial charge in [0.2, 0.25) is 11.8 Å². The molecule has 1 aromatic heterocycles. The summed E-state index contributed by atoms with van der Waals surface area (Å²) in [6.45, 7) is 0.725. The predicted octanol–water partition coefficient (Wildman–Crippen LogP) is -2.89. The maximum atomic E-state index is 11.9. The summed E-state index contributed by atoms with van der Waals surface area (Å²) in [6, 6.07) is -4.67. The van der Waals surface area contributed by atoms with Gasteiger partial charge in [-0.15, -0.1) is 0 Å². The molecule has 0 spiro atoms. The lowest BCUT2D eigenvalue weighted by atomic mass is 10.2. The first kappa shape index (κ1) is 20.3. The minimum Gasteiger partial charge on any atom is -0.480 e. The number of carboxylic acid groups (broad SMARTS) is 1. The summed E-state index contributed by atoms with van der Waals surface area (Å²) < 4.78 is 4.88. The van der Waals surface area contributed by atoms with Gasteiger partial charge in [0.25, 0.3) is 0 Å². The first-order valence-electron chi connectivity index (χ1n) is 7.11. The van der Waals surface area contributed by atoms with Gasteiger partial charge in [-0.2, -0.15) is 4.98 Å². The van der Waals surface area contributed by atoms with Crippen LogP contribution in [0.5, 0.6) is 0 Å². The smallest absolute Gasteiger partial charge is 0.328 e. The van der Waals surface area contributed by atoms with Crippen LogP contribution in [-0.4, -0.2) is 62.1 Å². The molecule has 140 valence electrons. The molecular weight excluding hydrogens is 340 g/mol. The third kappa shape index (κ3) is 5.98. The van der Waals surface area contributed by atoms with Gasteiger partial charge in [-0.1, -0.05) is 5.16 Å². The van der Waals surface area contributed by atoms with Crippen LogP contribution in [0.1, 0.15) is 37.1 Å². The molecular formula is C12H20N6O7. The Morgan fingerprint density at radius 1 is 1.32 bits per heavy atom. The van der Waals surface area contributed by atoms with E-state index >= 15 is 0 Å². The van der Waals surface area contributed by atoms with Crippen molar-refractivity contribution in [2.75, 3.05) is 6.61 Å². The van der Waals surface area contributed by atoms with E-state index in [1.54, 1.807) is 0 Å². The zero-order valence-corrected chi connectivity index (χ0v) is 13.2. The molecule has 13 heteroatoms. The van der Waals surface area contributed by atoms with E-state index in [0.717, 1.165) is 0 Å². The van der Waals surface area contributed by atoms with E-state index in [1.165, 1.54) is 6.92 Å². The number of carboxylic acids is 1. The van der Waals surface area contributed by atoms with Crippen LogP contribution >= 0.6 is 0 Å². The van der Waals surface area contributed by atoms with Gasteiger partial charge >= 0.3 is 12.0 Å². The first-order chi connectivity index (χ1) is 11.6. The molecule has 1 heterocycles. The fraction of sp³-hybridized carbons (Fsp3) is 0.583. The summed E-state index contributed by atoms with van der Waals surface area (Å²) in [5.41, 5.74) is 10.6. The Bertz CT molecular complexity index is 619. The zero-order chi connectivity index (χ0) is 19.1. The molecule has 3 amide bonds. The Morgan fingerprint density at radius 3 is 2.44 bits per heavy atom. The topological polar surface area (TPSA) is 227 Å². The monoisotopic (exact) mass is 360 g/mol. The van der Waals surface area contributed by atoms with Crippen molar-refractivity contribution >= 4 is 17.9 Å². The van der Waals surface area contributed by atoms with Crippen molar-refractivity contribution in [3.8, 4) is 0 Å². The molecule has 4 atom stereocenters. The molecule has 1 unspecified atom stereocenters. The lowest BCUT2D eigenvalue weighted by Gasteiger charge is -2.19. The summed E-state index contributed by atoms with van der Waals surface area (Å²) >= 11 is 0. The molecule has 0 aliphatic heterocycles. The summed E-state index contributed by atoms with van der Waals surface area (Å²) in [5.74, 6) is -2.52. The number of hydrogen-bond acceptors (Lipinski definition) is 9. The summed E-state index contributed by atoms with van der Waals surface area (Å²) in [6.07, 6.45) is -1.79. The molecule has 13 nitrogen and oxygen atoms in total. The standard InChI is InChI=1S/C12H20N6O7/c1-4(20)8(11(22)23)16-12(24)15-6(2-7(14)21)10-17-9(18-25-10)5(13)3-19/h4-6,8,19-20H,2-3,13H2,1H3,(H2,14,21)(H,22,23)(H2,15,16,24)/t4-,5+,6-,8?/m0/s1. The molecule has 0 fully saturated rings. The zero-order valence-electron chi connectivity index (χ0n) is 13.2. The Hall–Kier alpha value is -2.77. The van der Waals surface area contributed by atoms with Gasteiger partial charge in [-0.05, 0) is 6.92 Å². The second kappa shape index (κ2) is 8.91. The van der Waals surface area contributed by atoms with Crippen LogP contribution in [-0.2, 0) is 9.59 Å². The van der Waals surface area contributed by atoms with Gasteiger partial charge in [-0.25, -0.2) is 9.59 Å². The summed E-state index contributed by atoms with van der Waals surface area (Å²) in [5, 5.41) is 35.0. The SMILES string of the molecule is C[C@H](O)C(NC(=O)N[C@@H](CC(N)=O)c1nc([C@H](N)CO)no1)C(=O)O. The van der Waals surface area contributed by atoms with Gasteiger partial charge in [0.15, 0.2) is 11.9 Å². The number of nitrogens with zero attached hydrogens (tertiary/aromatic N) is 2. The Kier molecular flexibility index (Phi) is 7.22. The summed E-state index contributed by atoms with van der Waals surface area (Å²) in [4.78, 5) is 37.9. The van der Waals surface area contributed by atoms with Crippen LogP contribution in [0.25, 0.3) is 0 Å². The van der Waals surface area contributed by atoms with Crippen LogP contribution in [0, 0.1) is 0 Å². The van der Waals surface area contributed by atoms with Crippen molar-refractivity contribution in [1.82, 2.24) is 20.8 Å². The highest BCUT2D eigenvalue weighted by Crippen LogP contribution is 2.16. The number of carbonyl (C=O) groups is 3. The van der Waals surface area contributed by atoms with E-state index in [0.29, 0.717) is 0 Å². The van der Waals surface area contributed by atoms with Crippen molar-refractivity contribution in [3.05, 3.63) is 11.7 Å². The number of aliphatic hydroxyl groups excluding tert-OH is 2. The fourth-order valence-corrected chi connectivity index (χ4v) is 1.75. The highest BCUT2D eigenvalue weighted by molar-refractivity contribution is 5.83. The normalized spacial score (nSPS) is 15.7. The van der Waals surface area contributed by atoms with Crippen molar-refractivity contribution < 1.29 is 34.2 Å². The van der Waals surface area contributed by atoms with E-state index < -0.39 is 55.2 Å². The summed E-state index contributed by atoms with van der Waals surface area (Å²) in [7, 11) is 0. The molecule has 1 aromatic rings. The largest absolute Gasteiger partial charge is 0.480 e. The van der Waals surface area contributed by atoms with Crippen molar-refractivity contribution in [2.45, 2.75) is 37.6 Å². The number of carbonyl (C=O) groups excluding carboxylic acids is 2. The molecule has 0 saturated heterocycles. The number of aliphatic carboxylic acids is 1. The number of nitrogens with two attached hydrogens (primary N) is 2. The highest BCUT2D eigenvalue weighted by atomic mass is 16.5. The molecule has 0 bridgehead atoms. The van der Waals surface area contributed by atoms with Crippen LogP contribution in [0.3, 0.4) is 0 Å². The number of amides is 3. The van der Waals surface area contributed by atoms with Crippen LogP contribution in [0.15, 0.2) is 4.52 Å². The van der Waals surface area contributed by atoms with E-state index in [-0.39, 0.29) is 11.7 Å². The van der Waals surface area contributed by atoms with Crippen LogP contribution in [0.2, 0.25) is 0 Å². The quantitative estimate of drug-likeness (QED) is 0.238. The molecule has 9 N–H and O–H groups in total. The molecule has 1 rings (SSSR count). The molecule has 0 aromatic carbocycles. The predicted molar refractivity (Wildman–Crippen MR) is 79.6 cm³/mol. The second-order valence-electron chi connectivity index (χ2n) is 5.18. The maximum Gasteiger partial charge on any atom is 0.328 e. The number of aliphatic hydroxyl groups is 2. The number of nitrogens with one attached hydrogen (secondary N) is 2. The minimum atomic E-state index is -1.57. The van der Waals surface area contributed by atoms with E-state index in [4.69, 9.17) is 26.2 Å². The Morgan fingerprint density at radius 2 is 1.96 bits per heavy atom. The minimum absolute atomic E-state index is 0.0541.